The van der Waals surface area contributed by atoms with Crippen LogP contribution in [0.5, 0.6) is 5.75 Å². The van der Waals surface area contributed by atoms with Gasteiger partial charge in [-0.25, -0.2) is 0 Å². The second kappa shape index (κ2) is 4.37. The lowest BCUT2D eigenvalue weighted by Gasteiger charge is -2.12. The maximum absolute atomic E-state index is 9.27. The summed E-state index contributed by atoms with van der Waals surface area (Å²) in [5.41, 5.74) is 7.14. The minimum Gasteiger partial charge on any atom is -0.489 e. The number of fused-ring (bicyclic) bond motifs is 1. The molecule has 1 aromatic carbocycles. The first kappa shape index (κ1) is 10.1. The highest BCUT2D eigenvalue weighted by Gasteiger charge is 2.15. The van der Waals surface area contributed by atoms with Crippen molar-refractivity contribution in [2.45, 2.75) is 6.10 Å². The van der Waals surface area contributed by atoms with Crippen LogP contribution in [0.15, 0.2) is 18.2 Å². The van der Waals surface area contributed by atoms with E-state index in [1.807, 2.05) is 18.2 Å². The van der Waals surface area contributed by atoms with Gasteiger partial charge in [-0.2, -0.15) is 0 Å². The molecule has 0 amide bonds. The van der Waals surface area contributed by atoms with Crippen molar-refractivity contribution < 1.29 is 9.84 Å². The SMILES string of the molecule is NCC(O)COc1cccc2c1N[CH]N2. The standard InChI is InChI=1S/C10H14N3O2/c11-4-7(14)5-15-9-3-1-2-8-10(9)13-6-12-8/h1-3,6-7,12-14H,4-5,11H2. The smallest absolute Gasteiger partial charge is 0.144 e. The Labute approximate surface area is 88.2 Å². The molecule has 0 fully saturated rings. The number of ether oxygens (including phenoxy) is 1. The lowest BCUT2D eigenvalue weighted by molar-refractivity contribution is 0.114. The van der Waals surface area contributed by atoms with Gasteiger partial charge in [-0.1, -0.05) is 6.07 Å². The number of rotatable bonds is 4. The maximum atomic E-state index is 9.27. The first-order chi connectivity index (χ1) is 7.31. The van der Waals surface area contributed by atoms with Crippen LogP contribution in [-0.4, -0.2) is 24.4 Å². The Bertz CT molecular complexity index is 343. The molecule has 0 saturated carbocycles. The molecule has 0 aliphatic carbocycles. The molecule has 1 aliphatic heterocycles. The van der Waals surface area contributed by atoms with E-state index in [1.54, 1.807) is 6.67 Å². The summed E-state index contributed by atoms with van der Waals surface area (Å²) in [6, 6.07) is 5.67. The molecule has 0 bridgehead atoms. The molecule has 0 spiro atoms. The van der Waals surface area contributed by atoms with Gasteiger partial charge in [0.05, 0.1) is 5.69 Å². The van der Waals surface area contributed by atoms with E-state index in [0.29, 0.717) is 5.75 Å². The van der Waals surface area contributed by atoms with Crippen molar-refractivity contribution in [1.82, 2.24) is 0 Å². The molecular formula is C10H14N3O2. The minimum atomic E-state index is -0.626. The number of aliphatic hydroxyl groups excluding tert-OH is 1. The lowest BCUT2D eigenvalue weighted by atomic mass is 10.2. The molecule has 1 aliphatic rings. The number of aliphatic hydroxyl groups is 1. The van der Waals surface area contributed by atoms with Crippen LogP contribution >= 0.6 is 0 Å². The Balaban J connectivity index is 2.06. The predicted molar refractivity (Wildman–Crippen MR) is 58.5 cm³/mol. The van der Waals surface area contributed by atoms with Gasteiger partial charge >= 0.3 is 0 Å². The summed E-state index contributed by atoms with van der Waals surface area (Å²) in [4.78, 5) is 0. The third-order valence-electron chi connectivity index (χ3n) is 2.17. The first-order valence-electron chi connectivity index (χ1n) is 4.80. The van der Waals surface area contributed by atoms with Crippen LogP contribution in [-0.2, 0) is 0 Å². The molecule has 0 saturated heterocycles. The van der Waals surface area contributed by atoms with Gasteiger partial charge in [0.1, 0.15) is 30.8 Å². The van der Waals surface area contributed by atoms with E-state index in [2.05, 4.69) is 10.6 Å². The Morgan fingerprint density at radius 1 is 1.40 bits per heavy atom. The van der Waals surface area contributed by atoms with Crippen LogP contribution in [0.2, 0.25) is 0 Å². The molecule has 15 heavy (non-hydrogen) atoms. The molecule has 5 nitrogen and oxygen atoms in total. The fourth-order valence-corrected chi connectivity index (χ4v) is 1.36. The quantitative estimate of drug-likeness (QED) is 0.574. The number of nitrogens with one attached hydrogen (secondary N) is 2. The fourth-order valence-electron chi connectivity index (χ4n) is 1.36. The Kier molecular flexibility index (Phi) is 2.94. The van der Waals surface area contributed by atoms with E-state index < -0.39 is 6.10 Å². The van der Waals surface area contributed by atoms with Gasteiger partial charge in [-0.3, -0.25) is 0 Å². The van der Waals surface area contributed by atoms with E-state index in [4.69, 9.17) is 10.5 Å². The zero-order chi connectivity index (χ0) is 10.7. The highest BCUT2D eigenvalue weighted by Crippen LogP contribution is 2.36. The lowest BCUT2D eigenvalue weighted by Crippen LogP contribution is -2.26. The van der Waals surface area contributed by atoms with Crippen molar-refractivity contribution in [3.8, 4) is 5.75 Å². The molecule has 5 N–H and O–H groups in total. The number of hydrogen-bond donors (Lipinski definition) is 4. The monoisotopic (exact) mass is 208 g/mol. The number of hydrogen-bond acceptors (Lipinski definition) is 5. The van der Waals surface area contributed by atoms with Crippen LogP contribution in [0.3, 0.4) is 0 Å². The average molecular weight is 208 g/mol. The highest BCUT2D eigenvalue weighted by atomic mass is 16.5. The minimum absolute atomic E-state index is 0.201. The molecule has 1 radical (unpaired) electrons. The topological polar surface area (TPSA) is 79.5 Å². The van der Waals surface area contributed by atoms with Crippen molar-refractivity contribution in [1.29, 1.82) is 0 Å². The second-order valence-corrected chi connectivity index (χ2v) is 3.31. The van der Waals surface area contributed by atoms with E-state index in [0.717, 1.165) is 11.4 Å². The summed E-state index contributed by atoms with van der Waals surface area (Å²) in [7, 11) is 0. The normalized spacial score (nSPS) is 15.1. The summed E-state index contributed by atoms with van der Waals surface area (Å²) >= 11 is 0. The second-order valence-electron chi connectivity index (χ2n) is 3.31. The summed E-state index contributed by atoms with van der Waals surface area (Å²) < 4.78 is 5.45. The molecular weight excluding hydrogens is 194 g/mol. The molecule has 0 aromatic heterocycles. The average Bonchev–Trinajstić information content (AvgIpc) is 2.74. The van der Waals surface area contributed by atoms with Crippen LogP contribution in [0.1, 0.15) is 0 Å². The summed E-state index contributed by atoms with van der Waals surface area (Å²) in [6.07, 6.45) is -0.626. The van der Waals surface area contributed by atoms with Crippen LogP contribution in [0.25, 0.3) is 0 Å². The van der Waals surface area contributed by atoms with Crippen molar-refractivity contribution >= 4 is 11.4 Å². The zero-order valence-corrected chi connectivity index (χ0v) is 8.23. The predicted octanol–water partition coefficient (Wildman–Crippen LogP) is 0.342. The highest BCUT2D eigenvalue weighted by molar-refractivity contribution is 5.80. The molecule has 5 heteroatoms. The Morgan fingerprint density at radius 2 is 2.27 bits per heavy atom. The van der Waals surface area contributed by atoms with Gasteiger partial charge in [-0.15, -0.1) is 0 Å². The molecule has 1 heterocycles. The summed E-state index contributed by atoms with van der Waals surface area (Å²) in [6.45, 7) is 2.14. The number of nitrogens with two attached hydrogens (primary N) is 1. The third-order valence-corrected chi connectivity index (χ3v) is 2.17. The van der Waals surface area contributed by atoms with E-state index in [9.17, 15) is 5.11 Å². The molecule has 1 atom stereocenters. The number of benzene rings is 1. The van der Waals surface area contributed by atoms with Crippen LogP contribution in [0, 0.1) is 6.67 Å². The van der Waals surface area contributed by atoms with E-state index in [-0.39, 0.29) is 13.2 Å². The third kappa shape index (κ3) is 2.14. The number of anilines is 2. The van der Waals surface area contributed by atoms with Crippen molar-refractivity contribution in [3.05, 3.63) is 24.9 Å². The number of para-hydroxylation sites is 1. The van der Waals surface area contributed by atoms with Gasteiger partial charge in [0, 0.05) is 6.54 Å². The van der Waals surface area contributed by atoms with Gasteiger partial charge in [0.2, 0.25) is 0 Å². The molecule has 1 unspecified atom stereocenters. The van der Waals surface area contributed by atoms with Crippen LogP contribution in [0.4, 0.5) is 11.4 Å². The Morgan fingerprint density at radius 3 is 3.07 bits per heavy atom. The van der Waals surface area contributed by atoms with E-state index in [1.165, 1.54) is 0 Å². The largest absolute Gasteiger partial charge is 0.489 e. The Hall–Kier alpha value is -1.46. The summed E-state index contributed by atoms with van der Waals surface area (Å²) in [5.74, 6) is 0.709. The molecule has 81 valence electrons. The fraction of sp³-hybridized carbons (Fsp3) is 0.300. The van der Waals surface area contributed by atoms with Gasteiger partial charge in [-0.05, 0) is 12.1 Å². The van der Waals surface area contributed by atoms with Crippen LogP contribution < -0.4 is 21.1 Å². The first-order valence-corrected chi connectivity index (χ1v) is 4.80. The maximum Gasteiger partial charge on any atom is 0.144 e. The van der Waals surface area contributed by atoms with Crippen molar-refractivity contribution in [3.63, 3.8) is 0 Å². The summed E-state index contributed by atoms with van der Waals surface area (Å²) in [5, 5.41) is 15.3. The molecule has 2 rings (SSSR count). The van der Waals surface area contributed by atoms with Gasteiger partial charge in [0.25, 0.3) is 0 Å². The van der Waals surface area contributed by atoms with Gasteiger partial charge in [0.15, 0.2) is 0 Å². The zero-order valence-electron chi connectivity index (χ0n) is 8.23. The van der Waals surface area contributed by atoms with Crippen molar-refractivity contribution in [2.75, 3.05) is 23.8 Å². The van der Waals surface area contributed by atoms with Gasteiger partial charge < -0.3 is 26.2 Å². The van der Waals surface area contributed by atoms with E-state index >= 15 is 0 Å². The van der Waals surface area contributed by atoms with Crippen molar-refractivity contribution in [2.24, 2.45) is 5.73 Å². The molecule has 1 aromatic rings.